The number of aryl methyl sites for hydroxylation is 1. The Balaban J connectivity index is 1.74. The van der Waals surface area contributed by atoms with E-state index in [0.717, 1.165) is 47.9 Å². The first-order valence-electron chi connectivity index (χ1n) is 8.40. The van der Waals surface area contributed by atoms with Crippen molar-refractivity contribution >= 4 is 17.0 Å². The number of nitrogens with zero attached hydrogens (tertiary/aromatic N) is 2. The van der Waals surface area contributed by atoms with Gasteiger partial charge in [0, 0.05) is 36.7 Å². The van der Waals surface area contributed by atoms with Crippen LogP contribution in [0.2, 0.25) is 0 Å². The molecule has 0 amide bonds. The van der Waals surface area contributed by atoms with Crippen LogP contribution in [0.25, 0.3) is 0 Å². The summed E-state index contributed by atoms with van der Waals surface area (Å²) in [7, 11) is 0. The highest BCUT2D eigenvalue weighted by atomic mass is 32.1. The topological polar surface area (TPSA) is 48.4 Å². The van der Waals surface area contributed by atoms with E-state index < -0.39 is 0 Å². The zero-order chi connectivity index (χ0) is 17.1. The molecule has 0 spiro atoms. The number of benzene rings is 1. The third-order valence-electron chi connectivity index (χ3n) is 4.52. The Morgan fingerprint density at radius 3 is 2.83 bits per heavy atom. The van der Waals surface area contributed by atoms with Gasteiger partial charge in [0.25, 0.3) is 0 Å². The lowest BCUT2D eigenvalue weighted by atomic mass is 10.0. The molecule has 0 aliphatic carbocycles. The van der Waals surface area contributed by atoms with Gasteiger partial charge in [0.2, 0.25) is 0 Å². The number of hydrogen-bond acceptors (Lipinski definition) is 5. The Labute approximate surface area is 146 Å². The summed E-state index contributed by atoms with van der Waals surface area (Å²) in [6, 6.07) is 5.00. The average Bonchev–Trinajstić information content (AvgIpc) is 2.99. The lowest BCUT2D eigenvalue weighted by Crippen LogP contribution is -2.37. The monoisotopic (exact) mass is 349 g/mol. The molecule has 0 radical (unpaired) electrons. The van der Waals surface area contributed by atoms with Gasteiger partial charge in [0.15, 0.2) is 0 Å². The second-order valence-corrected chi connectivity index (χ2v) is 7.44. The molecule has 1 fully saturated rings. The van der Waals surface area contributed by atoms with Crippen molar-refractivity contribution in [1.82, 2.24) is 10.3 Å². The quantitative estimate of drug-likeness (QED) is 0.869. The molecule has 0 saturated carbocycles. The number of thiazole rings is 1. The highest BCUT2D eigenvalue weighted by molar-refractivity contribution is 7.09. The van der Waals surface area contributed by atoms with Crippen molar-refractivity contribution in [1.29, 1.82) is 0 Å². The molecular weight excluding hydrogens is 325 g/mol. The lowest BCUT2D eigenvalue weighted by molar-refractivity contribution is 0.145. The van der Waals surface area contributed by atoms with Gasteiger partial charge in [-0.05, 0) is 50.5 Å². The van der Waals surface area contributed by atoms with Gasteiger partial charge in [-0.2, -0.15) is 0 Å². The molecular formula is C18H24FN3OS. The first-order valence-corrected chi connectivity index (χ1v) is 9.27. The SMILES string of the molecule is Cc1nc(CNC(C)c2cc(F)ccc2N2CCC(O)CC2)cs1. The predicted octanol–water partition coefficient (Wildman–Crippen LogP) is 3.40. The molecule has 1 aliphatic rings. The molecule has 0 bridgehead atoms. The number of rotatable bonds is 5. The van der Waals surface area contributed by atoms with E-state index >= 15 is 0 Å². The molecule has 24 heavy (non-hydrogen) atoms. The summed E-state index contributed by atoms with van der Waals surface area (Å²) in [6.45, 7) is 6.32. The standard InChI is InChI=1S/C18H24FN3OS/c1-12(20-10-15-11-24-13(2)21-15)17-9-14(19)3-4-18(17)22-7-5-16(23)6-8-22/h3-4,9,11-12,16,20,23H,5-8,10H2,1-2H3. The molecule has 2 aromatic rings. The van der Waals surface area contributed by atoms with Crippen LogP contribution in [-0.4, -0.2) is 29.3 Å². The van der Waals surface area contributed by atoms with Crippen molar-refractivity contribution in [2.45, 2.75) is 45.4 Å². The summed E-state index contributed by atoms with van der Waals surface area (Å²) < 4.78 is 13.8. The number of hydrogen-bond donors (Lipinski definition) is 2. The van der Waals surface area contributed by atoms with E-state index in [0.29, 0.717) is 6.54 Å². The van der Waals surface area contributed by atoms with Crippen molar-refractivity contribution in [2.24, 2.45) is 0 Å². The summed E-state index contributed by atoms with van der Waals surface area (Å²) in [6.07, 6.45) is 1.31. The summed E-state index contributed by atoms with van der Waals surface area (Å²) in [5, 5.41) is 16.3. The molecule has 6 heteroatoms. The van der Waals surface area contributed by atoms with Crippen LogP contribution in [0, 0.1) is 12.7 Å². The van der Waals surface area contributed by atoms with Crippen LogP contribution in [0.1, 0.15) is 42.1 Å². The van der Waals surface area contributed by atoms with Crippen LogP contribution in [-0.2, 0) is 6.54 Å². The number of piperidine rings is 1. The first kappa shape index (κ1) is 17.3. The Bertz CT molecular complexity index is 683. The van der Waals surface area contributed by atoms with Crippen LogP contribution in [0.4, 0.5) is 10.1 Å². The van der Waals surface area contributed by atoms with Gasteiger partial charge in [0.1, 0.15) is 5.82 Å². The average molecular weight is 349 g/mol. The van der Waals surface area contributed by atoms with Gasteiger partial charge in [0.05, 0.1) is 16.8 Å². The Kier molecular flexibility index (Phi) is 5.48. The Morgan fingerprint density at radius 1 is 1.42 bits per heavy atom. The zero-order valence-electron chi connectivity index (χ0n) is 14.1. The van der Waals surface area contributed by atoms with Crippen molar-refractivity contribution in [3.63, 3.8) is 0 Å². The third-order valence-corrected chi connectivity index (χ3v) is 5.34. The number of halogens is 1. The second-order valence-electron chi connectivity index (χ2n) is 6.38. The maximum atomic E-state index is 13.8. The Morgan fingerprint density at radius 2 is 2.17 bits per heavy atom. The molecule has 4 nitrogen and oxygen atoms in total. The van der Waals surface area contributed by atoms with Crippen molar-refractivity contribution in [2.75, 3.05) is 18.0 Å². The fourth-order valence-electron chi connectivity index (χ4n) is 3.12. The minimum Gasteiger partial charge on any atom is -0.393 e. The lowest BCUT2D eigenvalue weighted by Gasteiger charge is -2.34. The highest BCUT2D eigenvalue weighted by Gasteiger charge is 2.21. The van der Waals surface area contributed by atoms with E-state index in [9.17, 15) is 9.50 Å². The molecule has 2 heterocycles. The molecule has 1 saturated heterocycles. The molecule has 130 valence electrons. The van der Waals surface area contributed by atoms with E-state index in [4.69, 9.17) is 0 Å². The van der Waals surface area contributed by atoms with Gasteiger partial charge in [-0.15, -0.1) is 11.3 Å². The fraction of sp³-hybridized carbons (Fsp3) is 0.500. The summed E-state index contributed by atoms with van der Waals surface area (Å²) in [4.78, 5) is 6.70. The minimum atomic E-state index is -0.219. The van der Waals surface area contributed by atoms with E-state index in [1.807, 2.05) is 18.4 Å². The van der Waals surface area contributed by atoms with Gasteiger partial charge < -0.3 is 15.3 Å². The van der Waals surface area contributed by atoms with Crippen LogP contribution >= 0.6 is 11.3 Å². The fourth-order valence-corrected chi connectivity index (χ4v) is 3.74. The van der Waals surface area contributed by atoms with Crippen LogP contribution in [0.15, 0.2) is 23.6 Å². The maximum Gasteiger partial charge on any atom is 0.123 e. The summed E-state index contributed by atoms with van der Waals surface area (Å²) in [5.41, 5.74) is 3.03. The Hall–Kier alpha value is -1.50. The smallest absolute Gasteiger partial charge is 0.123 e. The molecule has 3 rings (SSSR count). The third kappa shape index (κ3) is 4.12. The number of aliphatic hydroxyl groups excluding tert-OH is 1. The zero-order valence-corrected chi connectivity index (χ0v) is 14.9. The van der Waals surface area contributed by atoms with E-state index in [2.05, 4.69) is 22.1 Å². The molecule has 2 N–H and O–H groups in total. The maximum absolute atomic E-state index is 13.8. The van der Waals surface area contributed by atoms with Crippen LogP contribution in [0.5, 0.6) is 0 Å². The normalized spacial score (nSPS) is 17.2. The second kappa shape index (κ2) is 7.59. The first-order chi connectivity index (χ1) is 11.5. The molecule has 1 aromatic heterocycles. The van der Waals surface area contributed by atoms with Crippen LogP contribution in [0.3, 0.4) is 0 Å². The molecule has 1 aliphatic heterocycles. The van der Waals surface area contributed by atoms with E-state index in [1.54, 1.807) is 17.4 Å². The minimum absolute atomic E-state index is 0.0181. The molecule has 1 unspecified atom stereocenters. The molecule has 1 aromatic carbocycles. The number of aliphatic hydroxyl groups is 1. The van der Waals surface area contributed by atoms with Crippen molar-refractivity contribution in [3.8, 4) is 0 Å². The number of aromatic nitrogens is 1. The summed E-state index contributed by atoms with van der Waals surface area (Å²) >= 11 is 1.64. The van der Waals surface area contributed by atoms with Crippen molar-refractivity contribution < 1.29 is 9.50 Å². The van der Waals surface area contributed by atoms with Gasteiger partial charge in [-0.25, -0.2) is 9.37 Å². The molecule has 1 atom stereocenters. The van der Waals surface area contributed by atoms with Gasteiger partial charge >= 0.3 is 0 Å². The number of nitrogens with one attached hydrogen (secondary N) is 1. The van der Waals surface area contributed by atoms with E-state index in [-0.39, 0.29) is 18.0 Å². The predicted molar refractivity (Wildman–Crippen MR) is 96.0 cm³/mol. The highest BCUT2D eigenvalue weighted by Crippen LogP contribution is 2.30. The largest absolute Gasteiger partial charge is 0.393 e. The summed E-state index contributed by atoms with van der Waals surface area (Å²) in [5.74, 6) is -0.219. The van der Waals surface area contributed by atoms with E-state index in [1.165, 1.54) is 6.07 Å². The van der Waals surface area contributed by atoms with Crippen LogP contribution < -0.4 is 10.2 Å². The van der Waals surface area contributed by atoms with Gasteiger partial charge in [-0.1, -0.05) is 0 Å². The van der Waals surface area contributed by atoms with Gasteiger partial charge in [-0.3, -0.25) is 0 Å². The van der Waals surface area contributed by atoms with Crippen molar-refractivity contribution in [3.05, 3.63) is 45.7 Å². The number of anilines is 1.